The van der Waals surface area contributed by atoms with Gasteiger partial charge in [0.15, 0.2) is 10.1 Å². The summed E-state index contributed by atoms with van der Waals surface area (Å²) in [7, 11) is 0. The first kappa shape index (κ1) is 18.0. The van der Waals surface area contributed by atoms with Gasteiger partial charge in [0.2, 0.25) is 0 Å². The Morgan fingerprint density at radius 1 is 1.12 bits per heavy atom. The van der Waals surface area contributed by atoms with E-state index in [1.807, 2.05) is 0 Å². The van der Waals surface area contributed by atoms with Crippen LogP contribution in [0.3, 0.4) is 0 Å². The molecule has 1 N–H and O–H groups in total. The lowest BCUT2D eigenvalue weighted by Gasteiger charge is -2.14. The molecule has 1 saturated heterocycles. The summed E-state index contributed by atoms with van der Waals surface area (Å²) in [6, 6.07) is 13.1. The number of hydrogen-bond acceptors (Lipinski definition) is 5. The molecule has 26 heavy (non-hydrogen) atoms. The maximum atomic E-state index is 12.8. The molecule has 0 spiro atoms. The SMILES string of the molecule is CC(=O)c1ccc(N2C(=O)/C(=C\c3ccccc3C(=O)O)SC2=S)cc1. The Bertz CT molecular complexity index is 964. The molecule has 1 aliphatic heterocycles. The summed E-state index contributed by atoms with van der Waals surface area (Å²) in [5.41, 5.74) is 1.66. The average molecular weight is 383 g/mol. The lowest BCUT2D eigenvalue weighted by molar-refractivity contribution is -0.113. The molecule has 130 valence electrons. The zero-order chi connectivity index (χ0) is 18.8. The minimum Gasteiger partial charge on any atom is -0.478 e. The van der Waals surface area contributed by atoms with Crippen molar-refractivity contribution in [2.75, 3.05) is 4.90 Å². The second-order valence-corrected chi connectivity index (χ2v) is 7.19. The van der Waals surface area contributed by atoms with Crippen molar-refractivity contribution in [3.05, 3.63) is 70.1 Å². The fraction of sp³-hybridized carbons (Fsp3) is 0.0526. The van der Waals surface area contributed by atoms with Crippen LogP contribution >= 0.6 is 24.0 Å². The van der Waals surface area contributed by atoms with E-state index in [1.165, 1.54) is 24.0 Å². The van der Waals surface area contributed by atoms with Crippen LogP contribution in [0.2, 0.25) is 0 Å². The van der Waals surface area contributed by atoms with Crippen molar-refractivity contribution >= 4 is 57.7 Å². The quantitative estimate of drug-likeness (QED) is 0.489. The van der Waals surface area contributed by atoms with Crippen molar-refractivity contribution in [2.45, 2.75) is 6.92 Å². The van der Waals surface area contributed by atoms with Gasteiger partial charge in [-0.3, -0.25) is 14.5 Å². The Morgan fingerprint density at radius 2 is 1.77 bits per heavy atom. The molecule has 3 rings (SSSR count). The first-order valence-corrected chi connectivity index (χ1v) is 8.82. The fourth-order valence-electron chi connectivity index (χ4n) is 2.49. The summed E-state index contributed by atoms with van der Waals surface area (Å²) in [6.45, 7) is 1.47. The summed E-state index contributed by atoms with van der Waals surface area (Å²) >= 11 is 6.42. The van der Waals surface area contributed by atoms with E-state index in [0.29, 0.717) is 26.0 Å². The van der Waals surface area contributed by atoms with Crippen LogP contribution in [0.4, 0.5) is 5.69 Å². The second kappa shape index (κ2) is 7.23. The molecule has 0 radical (unpaired) electrons. The topological polar surface area (TPSA) is 74.7 Å². The highest BCUT2D eigenvalue weighted by Crippen LogP contribution is 2.36. The lowest BCUT2D eigenvalue weighted by atomic mass is 10.1. The molecule has 7 heteroatoms. The molecule has 0 aliphatic carbocycles. The first-order chi connectivity index (χ1) is 12.4. The number of carbonyl (C=O) groups excluding carboxylic acids is 2. The van der Waals surface area contributed by atoms with E-state index in [0.717, 1.165) is 11.8 Å². The molecule has 1 aliphatic rings. The minimum absolute atomic E-state index is 0.0629. The number of carboxylic acids is 1. The van der Waals surface area contributed by atoms with Crippen molar-refractivity contribution in [1.82, 2.24) is 0 Å². The summed E-state index contributed by atoms with van der Waals surface area (Å²) in [4.78, 5) is 37.2. The van der Waals surface area contributed by atoms with Gasteiger partial charge >= 0.3 is 5.97 Å². The highest BCUT2D eigenvalue weighted by atomic mass is 32.2. The van der Waals surface area contributed by atoms with Gasteiger partial charge in [-0.25, -0.2) is 4.79 Å². The molecule has 2 aromatic rings. The molecule has 0 atom stereocenters. The predicted molar refractivity (Wildman–Crippen MR) is 105 cm³/mol. The van der Waals surface area contributed by atoms with Gasteiger partial charge in [-0.05, 0) is 48.9 Å². The molecule has 1 heterocycles. The number of thiocarbonyl (C=S) groups is 1. The van der Waals surface area contributed by atoms with Crippen LogP contribution < -0.4 is 4.90 Å². The largest absolute Gasteiger partial charge is 0.478 e. The predicted octanol–water partition coefficient (Wildman–Crippen LogP) is 3.99. The molecular formula is C19H13NO4S2. The molecular weight excluding hydrogens is 370 g/mol. The smallest absolute Gasteiger partial charge is 0.336 e. The van der Waals surface area contributed by atoms with Gasteiger partial charge in [-0.1, -0.05) is 42.2 Å². The number of thioether (sulfide) groups is 1. The summed E-state index contributed by atoms with van der Waals surface area (Å²) in [6.07, 6.45) is 1.53. The molecule has 1 fully saturated rings. The normalized spacial score (nSPS) is 15.6. The number of amides is 1. The van der Waals surface area contributed by atoms with Crippen LogP contribution in [0.1, 0.15) is 33.2 Å². The van der Waals surface area contributed by atoms with Crippen molar-refractivity contribution in [2.24, 2.45) is 0 Å². The standard InChI is InChI=1S/C19H13NO4S2/c1-11(21)12-6-8-14(9-7-12)20-17(22)16(26-19(20)25)10-13-4-2-3-5-15(13)18(23)24/h2-10H,1H3,(H,23,24)/b16-10+. The van der Waals surface area contributed by atoms with Crippen LogP contribution in [0, 0.1) is 0 Å². The monoisotopic (exact) mass is 383 g/mol. The molecule has 0 unspecified atom stereocenters. The maximum Gasteiger partial charge on any atom is 0.336 e. The third-order valence-corrected chi connectivity index (χ3v) is 5.11. The van der Waals surface area contributed by atoms with Gasteiger partial charge in [-0.15, -0.1) is 0 Å². The van der Waals surface area contributed by atoms with Crippen molar-refractivity contribution in [3.8, 4) is 0 Å². The number of aromatic carboxylic acids is 1. The zero-order valence-corrected chi connectivity index (χ0v) is 15.3. The summed E-state index contributed by atoms with van der Waals surface area (Å²) in [5, 5.41) is 9.27. The summed E-state index contributed by atoms with van der Waals surface area (Å²) in [5.74, 6) is -1.45. The molecule has 5 nitrogen and oxygen atoms in total. The van der Waals surface area contributed by atoms with Crippen LogP contribution in [0.15, 0.2) is 53.4 Å². The third-order valence-electron chi connectivity index (χ3n) is 3.80. The molecule has 0 bridgehead atoms. The van der Waals surface area contributed by atoms with E-state index < -0.39 is 5.97 Å². The van der Waals surface area contributed by atoms with E-state index in [1.54, 1.807) is 42.5 Å². The highest BCUT2D eigenvalue weighted by Gasteiger charge is 2.33. The lowest BCUT2D eigenvalue weighted by Crippen LogP contribution is -2.27. The molecule has 1 amide bonds. The average Bonchev–Trinajstić information content (AvgIpc) is 2.89. The van der Waals surface area contributed by atoms with E-state index in [2.05, 4.69) is 0 Å². The number of carbonyl (C=O) groups is 3. The van der Waals surface area contributed by atoms with E-state index >= 15 is 0 Å². The second-order valence-electron chi connectivity index (χ2n) is 5.51. The van der Waals surface area contributed by atoms with Crippen LogP contribution in [-0.2, 0) is 4.79 Å². The van der Waals surface area contributed by atoms with Gasteiger partial charge in [0.25, 0.3) is 5.91 Å². The Labute approximate surface area is 159 Å². The van der Waals surface area contributed by atoms with Crippen LogP contribution in [0.5, 0.6) is 0 Å². The Balaban J connectivity index is 1.94. The van der Waals surface area contributed by atoms with Gasteiger partial charge in [0.1, 0.15) is 0 Å². The number of Topliss-reactive ketones (excluding diaryl/α,β-unsaturated/α-hetero) is 1. The van der Waals surface area contributed by atoms with Gasteiger partial charge in [0, 0.05) is 5.56 Å². The number of ketones is 1. The zero-order valence-electron chi connectivity index (χ0n) is 13.6. The number of nitrogens with zero attached hydrogens (tertiary/aromatic N) is 1. The number of hydrogen-bond donors (Lipinski definition) is 1. The van der Waals surface area contributed by atoms with Crippen molar-refractivity contribution in [3.63, 3.8) is 0 Å². The number of rotatable bonds is 4. The number of anilines is 1. The van der Waals surface area contributed by atoms with E-state index in [4.69, 9.17) is 12.2 Å². The molecule has 0 aromatic heterocycles. The molecule has 2 aromatic carbocycles. The van der Waals surface area contributed by atoms with Crippen LogP contribution in [0.25, 0.3) is 6.08 Å². The third kappa shape index (κ3) is 3.44. The Hall–Kier alpha value is -2.77. The van der Waals surface area contributed by atoms with Crippen LogP contribution in [-0.4, -0.2) is 27.1 Å². The minimum atomic E-state index is -1.06. The highest BCUT2D eigenvalue weighted by molar-refractivity contribution is 8.27. The Morgan fingerprint density at radius 3 is 2.38 bits per heavy atom. The van der Waals surface area contributed by atoms with E-state index in [9.17, 15) is 19.5 Å². The molecule has 0 saturated carbocycles. The maximum absolute atomic E-state index is 12.8. The van der Waals surface area contributed by atoms with Gasteiger partial charge < -0.3 is 5.11 Å². The van der Waals surface area contributed by atoms with Gasteiger partial charge in [-0.2, -0.15) is 0 Å². The number of carboxylic acid groups (broad SMARTS) is 1. The first-order valence-electron chi connectivity index (χ1n) is 7.60. The van der Waals surface area contributed by atoms with Gasteiger partial charge in [0.05, 0.1) is 16.2 Å². The number of benzene rings is 2. The van der Waals surface area contributed by atoms with Crippen molar-refractivity contribution in [1.29, 1.82) is 0 Å². The van der Waals surface area contributed by atoms with Crippen molar-refractivity contribution < 1.29 is 19.5 Å². The fourth-order valence-corrected chi connectivity index (χ4v) is 3.78. The summed E-state index contributed by atoms with van der Waals surface area (Å²) < 4.78 is 0.352. The Kier molecular flexibility index (Phi) is 5.01. The van der Waals surface area contributed by atoms with E-state index in [-0.39, 0.29) is 17.3 Å².